The summed E-state index contributed by atoms with van der Waals surface area (Å²) in [5.74, 6) is -0.482. The quantitative estimate of drug-likeness (QED) is 0.514. The highest BCUT2D eigenvalue weighted by atomic mass is 79.9. The SMILES string of the molecule is N#Cc1ncoc1C(=O)N1CCc2[nH]cnc2[C@H]1c1cc2ccc(Br)cn2n1. The van der Waals surface area contributed by atoms with Crippen LogP contribution in [0.25, 0.3) is 5.52 Å². The predicted octanol–water partition coefficient (Wildman–Crippen LogP) is 2.47. The Kier molecular flexibility index (Phi) is 3.77. The lowest BCUT2D eigenvalue weighted by atomic mass is 9.99. The number of halogens is 1. The van der Waals surface area contributed by atoms with Gasteiger partial charge in [0, 0.05) is 29.3 Å². The van der Waals surface area contributed by atoms with Gasteiger partial charge < -0.3 is 14.3 Å². The van der Waals surface area contributed by atoms with E-state index >= 15 is 0 Å². The molecule has 0 unspecified atom stereocenters. The van der Waals surface area contributed by atoms with Gasteiger partial charge in [0.1, 0.15) is 12.1 Å². The molecule has 5 rings (SSSR count). The Hall–Kier alpha value is -3.45. The number of nitrogens with one attached hydrogen (secondary N) is 1. The standard InChI is InChI=1S/C18H12BrN7O2/c19-10-1-2-11-5-13(24-26(11)7-10)16-15-12(21-8-22-15)3-4-25(16)18(27)17-14(6-20)23-9-28-17/h1-2,5,7-9,16H,3-4H2,(H,21,22)/t16-/m1/s1. The van der Waals surface area contributed by atoms with E-state index < -0.39 is 11.9 Å². The number of fused-ring (bicyclic) bond motifs is 2. The summed E-state index contributed by atoms with van der Waals surface area (Å²) in [5.41, 5.74) is 3.24. The van der Waals surface area contributed by atoms with E-state index in [0.29, 0.717) is 18.7 Å². The first-order valence-electron chi connectivity index (χ1n) is 8.47. The lowest BCUT2D eigenvalue weighted by Crippen LogP contribution is -2.41. The number of hydrogen-bond donors (Lipinski definition) is 1. The van der Waals surface area contributed by atoms with Gasteiger partial charge in [-0.25, -0.2) is 14.5 Å². The van der Waals surface area contributed by atoms with Gasteiger partial charge in [-0.2, -0.15) is 10.4 Å². The molecule has 0 spiro atoms. The third-order valence-electron chi connectivity index (χ3n) is 4.78. The lowest BCUT2D eigenvalue weighted by Gasteiger charge is -2.33. The molecule has 5 heterocycles. The second-order valence-electron chi connectivity index (χ2n) is 6.35. The van der Waals surface area contributed by atoms with E-state index in [0.717, 1.165) is 27.8 Å². The van der Waals surface area contributed by atoms with Crippen LogP contribution in [0.5, 0.6) is 0 Å². The average molecular weight is 438 g/mol. The van der Waals surface area contributed by atoms with Crippen LogP contribution in [0.4, 0.5) is 0 Å². The Morgan fingerprint density at radius 3 is 3.14 bits per heavy atom. The van der Waals surface area contributed by atoms with Crippen LogP contribution in [0.1, 0.15) is 39.4 Å². The largest absolute Gasteiger partial charge is 0.437 e. The van der Waals surface area contributed by atoms with Crippen LogP contribution < -0.4 is 0 Å². The van der Waals surface area contributed by atoms with Crippen LogP contribution >= 0.6 is 15.9 Å². The number of nitriles is 1. The first kappa shape index (κ1) is 16.7. The van der Waals surface area contributed by atoms with Crippen molar-refractivity contribution in [2.24, 2.45) is 0 Å². The molecule has 4 aromatic heterocycles. The average Bonchev–Trinajstić information content (AvgIpc) is 3.43. The van der Waals surface area contributed by atoms with Crippen molar-refractivity contribution >= 4 is 27.4 Å². The summed E-state index contributed by atoms with van der Waals surface area (Å²) >= 11 is 3.44. The van der Waals surface area contributed by atoms with E-state index in [1.54, 1.807) is 15.7 Å². The van der Waals surface area contributed by atoms with Crippen LogP contribution in [-0.2, 0) is 6.42 Å². The first-order valence-corrected chi connectivity index (χ1v) is 9.26. The molecule has 10 heteroatoms. The van der Waals surface area contributed by atoms with E-state index in [4.69, 9.17) is 4.42 Å². The van der Waals surface area contributed by atoms with Gasteiger partial charge in [0.15, 0.2) is 12.1 Å². The summed E-state index contributed by atoms with van der Waals surface area (Å²) in [5, 5.41) is 13.9. The van der Waals surface area contributed by atoms with E-state index in [1.165, 1.54) is 0 Å². The Morgan fingerprint density at radius 1 is 1.39 bits per heavy atom. The molecule has 0 aromatic carbocycles. The van der Waals surface area contributed by atoms with Gasteiger partial charge in [0.25, 0.3) is 5.91 Å². The number of aromatic amines is 1. The number of nitrogens with zero attached hydrogens (tertiary/aromatic N) is 6. The number of imidazole rings is 1. The van der Waals surface area contributed by atoms with Gasteiger partial charge in [-0.05, 0) is 34.1 Å². The molecule has 4 aromatic rings. The zero-order valence-corrected chi connectivity index (χ0v) is 15.9. The Balaban J connectivity index is 1.64. The van der Waals surface area contributed by atoms with Crippen molar-refractivity contribution < 1.29 is 9.21 Å². The van der Waals surface area contributed by atoms with Crippen LogP contribution in [0.2, 0.25) is 0 Å². The molecule has 0 fully saturated rings. The smallest absolute Gasteiger partial charge is 0.293 e. The molecule has 0 bridgehead atoms. The monoisotopic (exact) mass is 437 g/mol. The van der Waals surface area contributed by atoms with Crippen LogP contribution in [-0.4, -0.2) is 41.9 Å². The molecule has 0 saturated carbocycles. The Morgan fingerprint density at radius 2 is 2.29 bits per heavy atom. The topological polar surface area (TPSA) is 116 Å². The van der Waals surface area contributed by atoms with E-state index in [2.05, 4.69) is 36.0 Å². The Bertz CT molecular complexity index is 1250. The predicted molar refractivity (Wildman–Crippen MR) is 99.3 cm³/mol. The molecule has 1 N–H and O–H groups in total. The number of amides is 1. The molecular formula is C18H12BrN7O2. The van der Waals surface area contributed by atoms with Crippen molar-refractivity contribution in [1.82, 2.24) is 29.5 Å². The number of pyridine rings is 1. The van der Waals surface area contributed by atoms with Crippen molar-refractivity contribution in [2.75, 3.05) is 6.54 Å². The molecule has 0 saturated heterocycles. The fourth-order valence-electron chi connectivity index (χ4n) is 3.52. The number of aromatic nitrogens is 5. The van der Waals surface area contributed by atoms with Crippen molar-refractivity contribution in [1.29, 1.82) is 5.26 Å². The summed E-state index contributed by atoms with van der Waals surface area (Å²) in [6.45, 7) is 0.432. The van der Waals surface area contributed by atoms with Gasteiger partial charge in [-0.1, -0.05) is 0 Å². The highest BCUT2D eigenvalue weighted by molar-refractivity contribution is 9.10. The number of rotatable bonds is 2. The number of oxazole rings is 1. The van der Waals surface area contributed by atoms with Crippen molar-refractivity contribution in [3.05, 3.63) is 70.1 Å². The van der Waals surface area contributed by atoms with Crippen molar-refractivity contribution in [3.8, 4) is 6.07 Å². The van der Waals surface area contributed by atoms with Crippen LogP contribution in [0.3, 0.4) is 0 Å². The number of H-pyrrole nitrogens is 1. The molecule has 28 heavy (non-hydrogen) atoms. The normalized spacial score (nSPS) is 16.1. The minimum atomic E-state index is -0.502. The second kappa shape index (κ2) is 6.31. The molecule has 9 nitrogen and oxygen atoms in total. The van der Waals surface area contributed by atoms with E-state index in [9.17, 15) is 10.1 Å². The van der Waals surface area contributed by atoms with Gasteiger partial charge in [-0.15, -0.1) is 0 Å². The van der Waals surface area contributed by atoms with E-state index in [-0.39, 0.29) is 11.5 Å². The van der Waals surface area contributed by atoms with Crippen LogP contribution in [0.15, 0.2) is 46.0 Å². The molecule has 138 valence electrons. The fourth-order valence-corrected chi connectivity index (χ4v) is 3.84. The fraction of sp³-hybridized carbons (Fsp3) is 0.167. The summed E-state index contributed by atoms with van der Waals surface area (Å²) in [6, 6.07) is 7.18. The third kappa shape index (κ3) is 2.51. The van der Waals surface area contributed by atoms with Crippen LogP contribution in [0, 0.1) is 11.3 Å². The highest BCUT2D eigenvalue weighted by Gasteiger charge is 2.38. The van der Waals surface area contributed by atoms with Crippen molar-refractivity contribution in [3.63, 3.8) is 0 Å². The summed E-state index contributed by atoms with van der Waals surface area (Å²) in [7, 11) is 0. The minimum absolute atomic E-state index is 0.0319. The molecule has 1 amide bonds. The molecule has 1 atom stereocenters. The number of carbonyl (C=O) groups is 1. The Labute approximate surface area is 166 Å². The molecular weight excluding hydrogens is 426 g/mol. The maximum Gasteiger partial charge on any atom is 0.293 e. The zero-order valence-electron chi connectivity index (χ0n) is 14.3. The molecule has 1 aliphatic heterocycles. The highest BCUT2D eigenvalue weighted by Crippen LogP contribution is 2.34. The zero-order chi connectivity index (χ0) is 19.3. The number of carbonyl (C=O) groups excluding carboxylic acids is 1. The molecule has 1 aliphatic rings. The molecule has 0 aliphatic carbocycles. The summed E-state index contributed by atoms with van der Waals surface area (Å²) in [4.78, 5) is 26.2. The maximum absolute atomic E-state index is 13.2. The number of hydrogen-bond acceptors (Lipinski definition) is 6. The second-order valence-corrected chi connectivity index (χ2v) is 7.26. The lowest BCUT2D eigenvalue weighted by molar-refractivity contribution is 0.0654. The van der Waals surface area contributed by atoms with Gasteiger partial charge >= 0.3 is 0 Å². The van der Waals surface area contributed by atoms with Gasteiger partial charge in [0.05, 0.1) is 23.2 Å². The maximum atomic E-state index is 13.2. The molecule has 0 radical (unpaired) electrons. The first-order chi connectivity index (χ1) is 13.7. The van der Waals surface area contributed by atoms with Gasteiger partial charge in [0.2, 0.25) is 5.76 Å². The van der Waals surface area contributed by atoms with Gasteiger partial charge in [-0.3, -0.25) is 4.79 Å². The summed E-state index contributed by atoms with van der Waals surface area (Å²) < 4.78 is 7.86. The van der Waals surface area contributed by atoms with Crippen molar-refractivity contribution in [2.45, 2.75) is 12.5 Å². The van der Waals surface area contributed by atoms with E-state index in [1.807, 2.05) is 30.5 Å². The summed E-state index contributed by atoms with van der Waals surface area (Å²) in [6.07, 6.45) is 5.19. The minimum Gasteiger partial charge on any atom is -0.437 e. The third-order valence-corrected chi connectivity index (χ3v) is 5.25.